The monoisotopic (exact) mass is 906 g/mol. The number of hydrogen-bond donors (Lipinski definition) is 1. The third-order valence-electron chi connectivity index (χ3n) is 6.16. The van der Waals surface area contributed by atoms with Crippen LogP contribution in [0.2, 0.25) is 0 Å². The molecule has 2 heterocycles. The molecule has 0 amide bonds. The second-order valence-corrected chi connectivity index (χ2v) is 17.1. The highest BCUT2D eigenvalue weighted by Crippen LogP contribution is 2.33. The molecule has 4 rings (SSSR count). The lowest BCUT2D eigenvalue weighted by Crippen LogP contribution is -2.16. The van der Waals surface area contributed by atoms with Gasteiger partial charge >= 0.3 is 3.18 Å². The summed E-state index contributed by atoms with van der Waals surface area (Å²) in [6, 6.07) is 18.2. The van der Waals surface area contributed by atoms with Gasteiger partial charge in [-0.3, -0.25) is 4.79 Å². The number of hydrogen-bond acceptors (Lipinski definition) is 7. The van der Waals surface area contributed by atoms with Crippen molar-refractivity contribution in [1.82, 2.24) is 9.55 Å². The summed E-state index contributed by atoms with van der Waals surface area (Å²) in [6.07, 6.45) is 7.39. The second-order valence-electron chi connectivity index (χ2n) is 9.82. The van der Waals surface area contributed by atoms with Gasteiger partial charge in [0.2, 0.25) is 5.88 Å². The molecule has 0 saturated carbocycles. The van der Waals surface area contributed by atoms with Gasteiger partial charge in [-0.1, -0.05) is 38.8 Å². The molecule has 0 aliphatic rings. The van der Waals surface area contributed by atoms with Gasteiger partial charge in [-0.2, -0.15) is 0 Å². The van der Waals surface area contributed by atoms with Crippen LogP contribution < -0.4 is 24.5 Å². The molecule has 0 bridgehead atoms. The number of pyridine rings is 2. The van der Waals surface area contributed by atoms with Crippen molar-refractivity contribution in [1.29, 1.82) is 0 Å². The summed E-state index contributed by atoms with van der Waals surface area (Å²) in [5, 5.41) is 10.1. The Labute approximate surface area is 325 Å². The Morgan fingerprint density at radius 3 is 1.82 bits per heavy atom. The van der Waals surface area contributed by atoms with Crippen molar-refractivity contribution in [3.05, 3.63) is 94.5 Å². The average molecular weight is 910 g/mol. The minimum Gasteiger partial charge on any atom is -0.504 e. The van der Waals surface area contributed by atoms with Crippen molar-refractivity contribution in [2.75, 3.05) is 18.6 Å². The molecule has 0 fully saturated rings. The van der Waals surface area contributed by atoms with Gasteiger partial charge in [-0.25, -0.2) is 4.98 Å². The Morgan fingerprint density at radius 2 is 1.31 bits per heavy atom. The molecule has 0 radical (unpaired) electrons. The van der Waals surface area contributed by atoms with Crippen LogP contribution in [0.1, 0.15) is 58.6 Å². The number of phenols is 1. The van der Waals surface area contributed by atoms with E-state index in [-0.39, 0.29) is 19.8 Å². The smallest absolute Gasteiger partial charge is 0.369 e. The number of aryl methyl sites for hydroxylation is 3. The molecule has 2 aromatic carbocycles. The summed E-state index contributed by atoms with van der Waals surface area (Å²) in [5.74, 6) is 3.73. The van der Waals surface area contributed by atoms with Crippen LogP contribution in [0.15, 0.2) is 77.9 Å². The third-order valence-corrected chi connectivity index (χ3v) is 6.16. The van der Waals surface area contributed by atoms with E-state index in [2.05, 4.69) is 72.2 Å². The molecule has 0 unspecified atom stereocenters. The molecule has 268 valence electrons. The van der Waals surface area contributed by atoms with E-state index in [1.165, 1.54) is 11.6 Å². The zero-order valence-electron chi connectivity index (χ0n) is 28.4. The number of phenolic OH excluding ortho intramolecular Hbond substituents is 1. The fraction of sp³-hybridized carbons (Fsp3) is 0.371. The summed E-state index contributed by atoms with van der Waals surface area (Å²) >= 11 is 18.8. The van der Waals surface area contributed by atoms with Gasteiger partial charge in [-0.15, -0.1) is 70.5 Å². The maximum Gasteiger partial charge on any atom is 0.369 e. The lowest BCUT2D eigenvalue weighted by atomic mass is 10.1. The Bertz CT molecular complexity index is 1550. The van der Waals surface area contributed by atoms with Gasteiger partial charge in [0.25, 0.3) is 5.56 Å². The standard InChI is InChI=1S/C18H23NO3.C16H19NO3.CH2Cl2.BBr3/c1-4-7-14-8-10-16(17(12-14)21-6-3)22-15-9-11-18(20)19(5-2)13-15;1-3-5-12-6-8-15(14(18)10-12)20-13-7-9-16(17-11-13)19-4-2;2-1-3;2-1(3)4/h8-13H,4-7H2,1-3H3;6-11,18H,3-5H2,1-2H3;1H2;. The summed E-state index contributed by atoms with van der Waals surface area (Å²) < 4.78 is 24.3. The first kappa shape index (κ1) is 44.6. The van der Waals surface area contributed by atoms with Crippen LogP contribution in [0.4, 0.5) is 0 Å². The molecule has 0 saturated heterocycles. The fourth-order valence-electron chi connectivity index (χ4n) is 4.17. The first-order chi connectivity index (χ1) is 23.5. The highest BCUT2D eigenvalue weighted by Gasteiger charge is 2.09. The zero-order valence-corrected chi connectivity index (χ0v) is 34.7. The van der Waals surface area contributed by atoms with Crippen LogP contribution in [0.25, 0.3) is 0 Å². The lowest BCUT2D eigenvalue weighted by Gasteiger charge is -2.14. The molecule has 1 N–H and O–H groups in total. The van der Waals surface area contributed by atoms with Crippen LogP contribution in [-0.4, -0.2) is 36.4 Å². The number of benzene rings is 2. The summed E-state index contributed by atoms with van der Waals surface area (Å²) in [6.45, 7) is 11.8. The molecule has 4 aromatic rings. The fourth-order valence-corrected chi connectivity index (χ4v) is 4.17. The molecule has 0 spiro atoms. The minimum atomic E-state index is -0.0295. The van der Waals surface area contributed by atoms with Gasteiger partial charge in [-0.05, 0) is 81.1 Å². The predicted octanol–water partition coefficient (Wildman–Crippen LogP) is 11.5. The number of rotatable bonds is 13. The Kier molecular flexibility index (Phi) is 24.1. The van der Waals surface area contributed by atoms with E-state index in [9.17, 15) is 9.90 Å². The van der Waals surface area contributed by atoms with Crippen LogP contribution in [0, 0.1) is 0 Å². The molecule has 0 aliphatic carbocycles. The van der Waals surface area contributed by atoms with E-state index in [0.29, 0.717) is 48.6 Å². The molecule has 49 heavy (non-hydrogen) atoms. The van der Waals surface area contributed by atoms with E-state index < -0.39 is 0 Å². The zero-order chi connectivity index (χ0) is 36.6. The van der Waals surface area contributed by atoms with Crippen molar-refractivity contribution in [2.45, 2.75) is 66.8 Å². The van der Waals surface area contributed by atoms with Crippen molar-refractivity contribution < 1.29 is 24.1 Å². The highest BCUT2D eigenvalue weighted by molar-refractivity contribution is 9.69. The van der Waals surface area contributed by atoms with Crippen molar-refractivity contribution in [2.24, 2.45) is 0 Å². The first-order valence-electron chi connectivity index (χ1n) is 15.8. The van der Waals surface area contributed by atoms with E-state index in [0.717, 1.165) is 37.0 Å². The Balaban J connectivity index is 0.000000413. The number of ether oxygens (including phenoxy) is 4. The predicted molar refractivity (Wildman–Crippen MR) is 215 cm³/mol. The molecule has 0 atom stereocenters. The maximum atomic E-state index is 11.6. The third kappa shape index (κ3) is 18.4. The van der Waals surface area contributed by atoms with Crippen molar-refractivity contribution in [3.63, 3.8) is 0 Å². The minimum absolute atomic E-state index is 0.0295. The van der Waals surface area contributed by atoms with E-state index in [1.807, 2.05) is 39.0 Å². The summed E-state index contributed by atoms with van der Waals surface area (Å²) in [4.78, 5) is 15.7. The van der Waals surface area contributed by atoms with Crippen LogP contribution >= 0.6 is 70.5 Å². The number of halogens is 5. The molecular weight excluding hydrogens is 866 g/mol. The number of alkyl halides is 2. The van der Waals surface area contributed by atoms with Gasteiger partial charge in [0.05, 0.1) is 24.7 Å². The van der Waals surface area contributed by atoms with E-state index >= 15 is 0 Å². The highest BCUT2D eigenvalue weighted by atomic mass is 79.9. The van der Waals surface area contributed by atoms with Crippen LogP contribution in [-0.2, 0) is 19.4 Å². The van der Waals surface area contributed by atoms with Crippen molar-refractivity contribution >= 4 is 73.7 Å². The summed E-state index contributed by atoms with van der Waals surface area (Å²) in [7, 11) is 0. The number of aromatic hydroxyl groups is 1. The van der Waals surface area contributed by atoms with Crippen LogP contribution in [0.3, 0.4) is 0 Å². The summed E-state index contributed by atoms with van der Waals surface area (Å²) in [5.41, 5.74) is 2.30. The Morgan fingerprint density at radius 1 is 0.755 bits per heavy atom. The largest absolute Gasteiger partial charge is 0.504 e. The van der Waals surface area contributed by atoms with Gasteiger partial charge in [0.1, 0.15) is 11.5 Å². The SMILES string of the molecule is BrB(Br)Br.CCCc1ccc(Oc2ccc(=O)n(CC)c2)c(OCC)c1.CCCc1ccc(Oc2ccc(OCC)nc2)c(O)c1.ClCCl. The quantitative estimate of drug-likeness (QED) is 0.105. The van der Waals surface area contributed by atoms with E-state index in [1.54, 1.807) is 47.3 Å². The van der Waals surface area contributed by atoms with E-state index in [4.69, 9.17) is 42.1 Å². The van der Waals surface area contributed by atoms with Gasteiger partial charge < -0.3 is 28.6 Å². The van der Waals surface area contributed by atoms with Crippen molar-refractivity contribution in [3.8, 4) is 40.4 Å². The second kappa shape index (κ2) is 26.4. The van der Waals surface area contributed by atoms with Crippen LogP contribution in [0.5, 0.6) is 40.4 Å². The molecule has 8 nitrogen and oxygen atoms in total. The van der Waals surface area contributed by atoms with Gasteiger partial charge in [0.15, 0.2) is 23.0 Å². The lowest BCUT2D eigenvalue weighted by molar-refractivity contribution is 0.320. The Hall–Kier alpha value is -2.38. The number of nitrogens with zero attached hydrogens (tertiary/aromatic N) is 2. The van der Waals surface area contributed by atoms with Gasteiger partial charge in [0, 0.05) is 24.9 Å². The topological polar surface area (TPSA) is 92.0 Å². The molecule has 2 aromatic heterocycles. The first-order valence-corrected chi connectivity index (χ1v) is 19.6. The molecule has 14 heteroatoms. The molecule has 0 aliphatic heterocycles. The number of aromatic nitrogens is 2. The average Bonchev–Trinajstić information content (AvgIpc) is 3.06. The maximum absolute atomic E-state index is 11.6. The normalized spacial score (nSPS) is 9.84. The molecular formula is C35H44BBr3Cl2N2O6.